The van der Waals surface area contributed by atoms with Gasteiger partial charge in [-0.1, -0.05) is 0 Å². The zero-order valence-corrected chi connectivity index (χ0v) is 15.9. The van der Waals surface area contributed by atoms with E-state index in [0.29, 0.717) is 25.3 Å². The number of carbonyl (C=O) groups excluding carboxylic acids is 1. The van der Waals surface area contributed by atoms with Crippen LogP contribution in [0.2, 0.25) is 0 Å². The van der Waals surface area contributed by atoms with Gasteiger partial charge in [0, 0.05) is 30.0 Å². The van der Waals surface area contributed by atoms with Gasteiger partial charge in [0.05, 0.1) is 37.6 Å². The van der Waals surface area contributed by atoms with Gasteiger partial charge >= 0.3 is 6.03 Å². The van der Waals surface area contributed by atoms with E-state index in [1.807, 2.05) is 6.92 Å². The number of rotatable bonds is 4. The molecule has 0 spiro atoms. The number of ether oxygens (including phenoxy) is 1. The van der Waals surface area contributed by atoms with Gasteiger partial charge in [-0.3, -0.25) is 10.00 Å². The van der Waals surface area contributed by atoms with E-state index in [2.05, 4.69) is 15.7 Å². The van der Waals surface area contributed by atoms with Crippen LogP contribution in [0.5, 0.6) is 0 Å². The summed E-state index contributed by atoms with van der Waals surface area (Å²) in [7, 11) is 0. The number of urea groups is 1. The second-order valence-electron chi connectivity index (χ2n) is 7.39. The van der Waals surface area contributed by atoms with Crippen molar-refractivity contribution in [1.82, 2.24) is 20.0 Å². The molecule has 29 heavy (non-hydrogen) atoms. The Morgan fingerprint density at radius 1 is 1.38 bits per heavy atom. The van der Waals surface area contributed by atoms with Crippen LogP contribution in [0, 0.1) is 11.6 Å². The third-order valence-corrected chi connectivity index (χ3v) is 5.32. The summed E-state index contributed by atoms with van der Waals surface area (Å²) in [6, 6.07) is 2.66. The van der Waals surface area contributed by atoms with Crippen LogP contribution in [-0.4, -0.2) is 51.1 Å². The third-order valence-electron chi connectivity index (χ3n) is 5.32. The first kappa shape index (κ1) is 19.7. The highest BCUT2D eigenvalue weighted by Gasteiger charge is 2.32. The Kier molecular flexibility index (Phi) is 5.48. The van der Waals surface area contributed by atoms with Crippen molar-refractivity contribution in [3.05, 3.63) is 47.3 Å². The second-order valence-corrected chi connectivity index (χ2v) is 7.39. The van der Waals surface area contributed by atoms with Crippen LogP contribution in [-0.2, 0) is 17.8 Å². The molecule has 2 aliphatic rings. The molecule has 4 rings (SSSR count). The molecule has 1 saturated heterocycles. The van der Waals surface area contributed by atoms with Crippen molar-refractivity contribution in [2.24, 2.45) is 0 Å². The topological polar surface area (TPSA) is 91.7 Å². The van der Waals surface area contributed by atoms with E-state index in [9.17, 15) is 18.7 Å². The highest BCUT2D eigenvalue weighted by atomic mass is 19.2. The summed E-state index contributed by atoms with van der Waals surface area (Å²) in [5, 5.41) is 20.6. The molecule has 1 unspecified atom stereocenters. The van der Waals surface area contributed by atoms with E-state index < -0.39 is 23.9 Å². The van der Waals surface area contributed by atoms with Gasteiger partial charge in [0.25, 0.3) is 0 Å². The van der Waals surface area contributed by atoms with E-state index in [-0.39, 0.29) is 24.3 Å². The molecule has 156 valence electrons. The summed E-state index contributed by atoms with van der Waals surface area (Å²) < 4.78 is 33.6. The molecule has 1 aromatic carbocycles. The predicted molar refractivity (Wildman–Crippen MR) is 99.9 cm³/mol. The second kappa shape index (κ2) is 8.05. The number of carbonyl (C=O) groups is 1. The molecule has 3 atom stereocenters. The van der Waals surface area contributed by atoms with Gasteiger partial charge in [0.2, 0.25) is 0 Å². The minimum absolute atomic E-state index is 0.0656. The van der Waals surface area contributed by atoms with Crippen LogP contribution in [0.3, 0.4) is 0 Å². The number of halogens is 2. The molecule has 2 aromatic rings. The maximum absolute atomic E-state index is 13.4. The monoisotopic (exact) mass is 407 g/mol. The van der Waals surface area contributed by atoms with Gasteiger partial charge in [-0.15, -0.1) is 0 Å². The van der Waals surface area contributed by atoms with Crippen molar-refractivity contribution >= 4 is 11.7 Å². The molecule has 10 heteroatoms. The number of hydrogen-bond donors (Lipinski definition) is 3. The lowest BCUT2D eigenvalue weighted by Gasteiger charge is -2.34. The largest absolute Gasteiger partial charge is 0.380 e. The number of fused-ring (bicyclic) bond motifs is 1. The summed E-state index contributed by atoms with van der Waals surface area (Å²) in [6.07, 6.45) is 1.50. The predicted octanol–water partition coefficient (Wildman–Crippen LogP) is 1.97. The molecule has 0 saturated carbocycles. The van der Waals surface area contributed by atoms with E-state index in [1.54, 1.807) is 15.8 Å². The molecule has 2 amide bonds. The zero-order chi connectivity index (χ0) is 20.5. The molecular formula is C19H23F2N5O3. The maximum atomic E-state index is 13.4. The average molecular weight is 407 g/mol. The first-order valence-electron chi connectivity index (χ1n) is 9.51. The number of aliphatic hydroxyl groups is 1. The van der Waals surface area contributed by atoms with Crippen LogP contribution in [0.4, 0.5) is 19.3 Å². The number of nitrogens with zero attached hydrogens (tertiary/aromatic N) is 3. The van der Waals surface area contributed by atoms with Crippen LogP contribution >= 0.6 is 0 Å². The maximum Gasteiger partial charge on any atom is 0.322 e. The molecule has 0 bridgehead atoms. The van der Waals surface area contributed by atoms with Crippen molar-refractivity contribution in [1.29, 1.82) is 0 Å². The smallest absolute Gasteiger partial charge is 0.322 e. The fourth-order valence-electron chi connectivity index (χ4n) is 3.67. The first-order chi connectivity index (χ1) is 13.9. The van der Waals surface area contributed by atoms with Crippen LogP contribution in [0.25, 0.3) is 0 Å². The van der Waals surface area contributed by atoms with E-state index in [4.69, 9.17) is 4.74 Å². The molecule has 3 N–H and O–H groups in total. The van der Waals surface area contributed by atoms with Gasteiger partial charge in [-0.25, -0.2) is 13.6 Å². The van der Waals surface area contributed by atoms with Crippen molar-refractivity contribution in [3.63, 3.8) is 0 Å². The van der Waals surface area contributed by atoms with Gasteiger partial charge < -0.3 is 20.1 Å². The quantitative estimate of drug-likeness (QED) is 0.674. The Hall–Kier alpha value is -2.56. The Morgan fingerprint density at radius 2 is 2.21 bits per heavy atom. The van der Waals surface area contributed by atoms with E-state index >= 15 is 0 Å². The van der Waals surface area contributed by atoms with Crippen LogP contribution < -0.4 is 10.6 Å². The summed E-state index contributed by atoms with van der Waals surface area (Å²) in [6.45, 7) is 3.76. The lowest BCUT2D eigenvalue weighted by Crippen LogP contribution is -2.47. The van der Waals surface area contributed by atoms with Gasteiger partial charge in [-0.05, 0) is 25.5 Å². The number of amides is 2. The van der Waals surface area contributed by atoms with Gasteiger partial charge in [0.15, 0.2) is 11.6 Å². The Bertz CT molecular complexity index is 900. The van der Waals surface area contributed by atoms with Crippen molar-refractivity contribution in [2.45, 2.75) is 44.7 Å². The minimum Gasteiger partial charge on any atom is -0.380 e. The fraction of sp³-hybridized carbons (Fsp3) is 0.474. The Labute approximate surface area is 166 Å². The summed E-state index contributed by atoms with van der Waals surface area (Å²) in [4.78, 5) is 14.3. The fourth-order valence-corrected chi connectivity index (χ4v) is 3.67. The third kappa shape index (κ3) is 4.09. The summed E-state index contributed by atoms with van der Waals surface area (Å²) >= 11 is 0. The number of aliphatic hydroxyl groups excluding tert-OH is 1. The lowest BCUT2D eigenvalue weighted by molar-refractivity contribution is 0.110. The number of nitrogens with one attached hydrogen (secondary N) is 2. The Morgan fingerprint density at radius 3 is 2.93 bits per heavy atom. The zero-order valence-electron chi connectivity index (χ0n) is 15.9. The number of hydrogen-bond acceptors (Lipinski definition) is 5. The molecule has 8 nitrogen and oxygen atoms in total. The molecule has 3 heterocycles. The Balaban J connectivity index is 1.48. The molecule has 0 radical (unpaired) electrons. The number of benzene rings is 1. The van der Waals surface area contributed by atoms with E-state index in [1.165, 1.54) is 6.07 Å². The lowest BCUT2D eigenvalue weighted by atomic mass is 10.1. The number of aromatic nitrogens is 2. The molecule has 1 fully saturated rings. The van der Waals surface area contributed by atoms with Crippen molar-refractivity contribution < 1.29 is 23.4 Å². The van der Waals surface area contributed by atoms with Crippen molar-refractivity contribution in [2.75, 3.05) is 18.5 Å². The van der Waals surface area contributed by atoms with Gasteiger partial charge in [0.1, 0.15) is 6.23 Å². The molecule has 1 aromatic heterocycles. The molecule has 2 aliphatic heterocycles. The van der Waals surface area contributed by atoms with Crippen LogP contribution in [0.15, 0.2) is 24.4 Å². The average Bonchev–Trinajstić information content (AvgIpc) is 3.33. The van der Waals surface area contributed by atoms with Crippen molar-refractivity contribution in [3.8, 4) is 0 Å². The van der Waals surface area contributed by atoms with E-state index in [0.717, 1.165) is 24.2 Å². The minimum atomic E-state index is -1.03. The first-order valence-corrected chi connectivity index (χ1v) is 9.51. The molecule has 0 aliphatic carbocycles. The highest BCUT2D eigenvalue weighted by Crippen LogP contribution is 2.25. The normalized spacial score (nSPS) is 22.4. The summed E-state index contributed by atoms with van der Waals surface area (Å²) in [5.74, 6) is -2.00. The SMILES string of the molecule is C[C@H]1Cn2ncc(C(O)N[C@H]3CCOC3)c2CN1C(=O)Nc1ccc(F)c(F)c1. The number of anilines is 1. The highest BCUT2D eigenvalue weighted by molar-refractivity contribution is 5.89. The molecular weight excluding hydrogens is 384 g/mol. The summed E-state index contributed by atoms with van der Waals surface area (Å²) in [5.41, 5.74) is 1.50. The standard InChI is InChI=1S/C19H23F2N5O3/c1-11-8-26-17(14(7-22-26)18(27)23-13-4-5-29-10-13)9-25(11)19(28)24-12-2-3-15(20)16(21)6-12/h2-3,6-7,11,13,18,23,27H,4-5,8-10H2,1H3,(H,24,28)/t11-,13-,18?/m0/s1. The van der Waals surface area contributed by atoms with Gasteiger partial charge in [-0.2, -0.15) is 5.10 Å². The van der Waals surface area contributed by atoms with Crippen LogP contribution in [0.1, 0.15) is 30.8 Å².